The van der Waals surface area contributed by atoms with Gasteiger partial charge in [-0.1, -0.05) is 35.3 Å². The van der Waals surface area contributed by atoms with Gasteiger partial charge in [-0.25, -0.2) is 0 Å². The van der Waals surface area contributed by atoms with E-state index in [1.54, 1.807) is 42.6 Å². The second-order valence-electron chi connectivity index (χ2n) is 6.34. The fourth-order valence-electron chi connectivity index (χ4n) is 2.66. The van der Waals surface area contributed by atoms with Crippen LogP contribution < -0.4 is 14.9 Å². The number of ether oxygens (including phenoxy) is 2. The van der Waals surface area contributed by atoms with E-state index in [4.69, 9.17) is 32.7 Å². The Kier molecular flexibility index (Phi) is 7.70. The zero-order valence-electron chi connectivity index (χ0n) is 16.5. The molecule has 0 unspecified atom stereocenters. The molecule has 160 valence electrons. The van der Waals surface area contributed by atoms with Crippen LogP contribution in [0.4, 0.5) is 11.4 Å². The van der Waals surface area contributed by atoms with Gasteiger partial charge in [-0.3, -0.25) is 15.5 Å². The Hall–Kier alpha value is -3.29. The molecular formula is C22H19Cl2N3O4. The summed E-state index contributed by atoms with van der Waals surface area (Å²) in [5.74, 6) is 1.13. The van der Waals surface area contributed by atoms with Crippen molar-refractivity contribution < 1.29 is 14.4 Å². The quantitative estimate of drug-likeness (QED) is 0.229. The molecule has 7 nitrogen and oxygen atoms in total. The highest BCUT2D eigenvalue weighted by atomic mass is 35.5. The average Bonchev–Trinajstić information content (AvgIpc) is 2.74. The van der Waals surface area contributed by atoms with Crippen molar-refractivity contribution in [3.05, 3.63) is 92.0 Å². The number of halogens is 2. The van der Waals surface area contributed by atoms with Crippen molar-refractivity contribution in [1.82, 2.24) is 0 Å². The van der Waals surface area contributed by atoms with Crippen LogP contribution in [0, 0.1) is 10.1 Å². The minimum atomic E-state index is -0.459. The van der Waals surface area contributed by atoms with Crippen molar-refractivity contribution in [1.29, 1.82) is 0 Å². The number of nitrogens with one attached hydrogen (secondary N) is 1. The van der Waals surface area contributed by atoms with Crippen LogP contribution in [0.5, 0.6) is 11.5 Å². The van der Waals surface area contributed by atoms with E-state index in [1.807, 2.05) is 19.1 Å². The maximum Gasteiger partial charge on any atom is 0.271 e. The highest BCUT2D eigenvalue weighted by Gasteiger charge is 2.09. The standard InChI is InChI=1S/C22H19Cl2N3O4/c1-2-30-22-10-15(13-25-26-18-4-3-5-19(12-18)27(28)29)6-9-21(22)31-14-16-7-8-17(23)11-20(16)24/h3-13,26H,2,14H2,1H3. The SMILES string of the molecule is CCOc1cc(C=NNc2cccc([N+](=O)[O-])c2)ccc1OCc1ccc(Cl)cc1Cl. The summed E-state index contributed by atoms with van der Waals surface area (Å²) in [5.41, 5.74) is 4.84. The van der Waals surface area contributed by atoms with Gasteiger partial charge in [0.05, 0.1) is 23.4 Å². The van der Waals surface area contributed by atoms with Crippen molar-refractivity contribution in [2.45, 2.75) is 13.5 Å². The van der Waals surface area contributed by atoms with Crippen LogP contribution >= 0.6 is 23.2 Å². The Labute approximate surface area is 189 Å². The van der Waals surface area contributed by atoms with Gasteiger partial charge in [0.2, 0.25) is 0 Å². The van der Waals surface area contributed by atoms with Crippen molar-refractivity contribution in [2.75, 3.05) is 12.0 Å². The molecule has 0 heterocycles. The second kappa shape index (κ2) is 10.7. The molecule has 31 heavy (non-hydrogen) atoms. The van der Waals surface area contributed by atoms with Crippen LogP contribution in [-0.4, -0.2) is 17.7 Å². The number of hydrazone groups is 1. The highest BCUT2D eigenvalue weighted by Crippen LogP contribution is 2.30. The van der Waals surface area contributed by atoms with Crippen LogP contribution in [0.2, 0.25) is 10.0 Å². The maximum atomic E-state index is 10.9. The van der Waals surface area contributed by atoms with Crippen LogP contribution in [-0.2, 0) is 6.61 Å². The Morgan fingerprint density at radius 2 is 1.90 bits per heavy atom. The first-order valence-corrected chi connectivity index (χ1v) is 10.1. The number of rotatable bonds is 9. The minimum absolute atomic E-state index is 0.0128. The lowest BCUT2D eigenvalue weighted by molar-refractivity contribution is -0.384. The summed E-state index contributed by atoms with van der Waals surface area (Å²) in [6.45, 7) is 2.60. The van der Waals surface area contributed by atoms with Gasteiger partial charge in [-0.05, 0) is 48.9 Å². The molecule has 0 amide bonds. The van der Waals surface area contributed by atoms with Gasteiger partial charge in [0, 0.05) is 27.7 Å². The van der Waals surface area contributed by atoms with Crippen LogP contribution in [0.25, 0.3) is 0 Å². The predicted molar refractivity (Wildman–Crippen MR) is 123 cm³/mol. The van der Waals surface area contributed by atoms with E-state index < -0.39 is 4.92 Å². The molecule has 0 saturated carbocycles. The fraction of sp³-hybridized carbons (Fsp3) is 0.136. The minimum Gasteiger partial charge on any atom is -0.490 e. The van der Waals surface area contributed by atoms with Crippen molar-refractivity contribution in [2.24, 2.45) is 5.10 Å². The van der Waals surface area contributed by atoms with E-state index in [2.05, 4.69) is 10.5 Å². The van der Waals surface area contributed by atoms with Gasteiger partial charge < -0.3 is 9.47 Å². The molecule has 3 rings (SSSR count). The number of hydrogen-bond acceptors (Lipinski definition) is 6. The molecule has 0 aromatic heterocycles. The van der Waals surface area contributed by atoms with Gasteiger partial charge in [0.25, 0.3) is 5.69 Å². The number of nitrogens with zero attached hydrogens (tertiary/aromatic N) is 2. The van der Waals surface area contributed by atoms with E-state index in [9.17, 15) is 10.1 Å². The molecule has 0 aliphatic carbocycles. The number of anilines is 1. The Morgan fingerprint density at radius 3 is 2.65 bits per heavy atom. The van der Waals surface area contributed by atoms with Crippen molar-refractivity contribution in [3.63, 3.8) is 0 Å². The molecule has 0 aliphatic heterocycles. The summed E-state index contributed by atoms with van der Waals surface area (Å²) in [5, 5.41) is 16.1. The lowest BCUT2D eigenvalue weighted by atomic mass is 10.2. The molecule has 3 aromatic rings. The van der Waals surface area contributed by atoms with Gasteiger partial charge in [0.15, 0.2) is 11.5 Å². The number of benzene rings is 3. The van der Waals surface area contributed by atoms with E-state index in [0.717, 1.165) is 11.1 Å². The third kappa shape index (κ3) is 6.34. The van der Waals surface area contributed by atoms with Gasteiger partial charge in [0.1, 0.15) is 6.61 Å². The summed E-state index contributed by atoms with van der Waals surface area (Å²) >= 11 is 12.1. The molecule has 0 fully saturated rings. The fourth-order valence-corrected chi connectivity index (χ4v) is 3.12. The zero-order chi connectivity index (χ0) is 22.2. The molecule has 0 saturated heterocycles. The first-order valence-electron chi connectivity index (χ1n) is 9.33. The third-order valence-electron chi connectivity index (χ3n) is 4.13. The molecule has 1 N–H and O–H groups in total. The molecule has 0 spiro atoms. The smallest absolute Gasteiger partial charge is 0.271 e. The van der Waals surface area contributed by atoms with E-state index in [0.29, 0.717) is 33.8 Å². The maximum absolute atomic E-state index is 10.9. The molecular weight excluding hydrogens is 441 g/mol. The Morgan fingerprint density at radius 1 is 1.06 bits per heavy atom. The molecule has 0 aliphatic rings. The van der Waals surface area contributed by atoms with Gasteiger partial charge in [-0.15, -0.1) is 0 Å². The molecule has 9 heteroatoms. The summed E-state index contributed by atoms with van der Waals surface area (Å²) < 4.78 is 11.6. The number of nitro groups is 1. The van der Waals surface area contributed by atoms with Crippen molar-refractivity contribution >= 4 is 40.8 Å². The van der Waals surface area contributed by atoms with E-state index in [1.165, 1.54) is 12.1 Å². The third-order valence-corrected chi connectivity index (χ3v) is 4.72. The molecule has 0 atom stereocenters. The number of nitro benzene ring substituents is 1. The Balaban J connectivity index is 1.69. The predicted octanol–water partition coefficient (Wildman–Crippen LogP) is 6.33. The van der Waals surface area contributed by atoms with Crippen LogP contribution in [0.1, 0.15) is 18.1 Å². The summed E-state index contributed by atoms with van der Waals surface area (Å²) in [6.07, 6.45) is 1.58. The highest BCUT2D eigenvalue weighted by molar-refractivity contribution is 6.35. The van der Waals surface area contributed by atoms with Crippen LogP contribution in [0.3, 0.4) is 0 Å². The number of non-ortho nitro benzene ring substituents is 1. The summed E-state index contributed by atoms with van der Waals surface area (Å²) in [6, 6.07) is 16.7. The topological polar surface area (TPSA) is 86.0 Å². The monoisotopic (exact) mass is 459 g/mol. The second-order valence-corrected chi connectivity index (χ2v) is 7.18. The lowest BCUT2D eigenvalue weighted by Gasteiger charge is -2.13. The van der Waals surface area contributed by atoms with E-state index >= 15 is 0 Å². The summed E-state index contributed by atoms with van der Waals surface area (Å²) in [7, 11) is 0. The Bertz CT molecular complexity index is 1110. The first kappa shape index (κ1) is 22.4. The molecule has 0 bridgehead atoms. The van der Waals surface area contributed by atoms with Crippen molar-refractivity contribution in [3.8, 4) is 11.5 Å². The zero-order valence-corrected chi connectivity index (χ0v) is 18.1. The first-order chi connectivity index (χ1) is 15.0. The lowest BCUT2D eigenvalue weighted by Crippen LogP contribution is -2.01. The summed E-state index contributed by atoms with van der Waals surface area (Å²) in [4.78, 5) is 10.4. The number of hydrogen-bond donors (Lipinski definition) is 1. The van der Waals surface area contributed by atoms with Gasteiger partial charge >= 0.3 is 0 Å². The van der Waals surface area contributed by atoms with Crippen LogP contribution in [0.15, 0.2) is 65.8 Å². The van der Waals surface area contributed by atoms with E-state index in [-0.39, 0.29) is 12.3 Å². The average molecular weight is 460 g/mol. The largest absolute Gasteiger partial charge is 0.490 e. The van der Waals surface area contributed by atoms with Gasteiger partial charge in [-0.2, -0.15) is 5.10 Å². The normalized spacial score (nSPS) is 10.8. The molecule has 3 aromatic carbocycles. The molecule has 0 radical (unpaired) electrons.